The summed E-state index contributed by atoms with van der Waals surface area (Å²) in [7, 11) is 2.93. The van der Waals surface area contributed by atoms with E-state index in [1.165, 1.54) is 7.11 Å². The van der Waals surface area contributed by atoms with Crippen molar-refractivity contribution in [2.75, 3.05) is 14.2 Å². The predicted molar refractivity (Wildman–Crippen MR) is 126 cm³/mol. The normalized spacial score (nSPS) is 16.4. The lowest BCUT2D eigenvalue weighted by Crippen LogP contribution is -2.43. The topological polar surface area (TPSA) is 52.6 Å². The van der Waals surface area contributed by atoms with Gasteiger partial charge < -0.3 is 9.47 Å². The quantitative estimate of drug-likeness (QED) is 0.320. The first-order valence-corrected chi connectivity index (χ1v) is 12.0. The van der Waals surface area contributed by atoms with E-state index in [2.05, 4.69) is 0 Å². The molecule has 0 heterocycles. The first-order valence-electron chi connectivity index (χ1n) is 10.2. The molecule has 1 unspecified atom stereocenters. The minimum Gasteiger partial charge on any atom is -0.497 e. The molecule has 0 saturated heterocycles. The molecule has 1 fully saturated rings. The van der Waals surface area contributed by atoms with E-state index < -0.39 is 16.6 Å². The maximum absolute atomic E-state index is 13.9. The Balaban J connectivity index is 1.92. The molecule has 0 amide bonds. The Morgan fingerprint density at radius 1 is 1.03 bits per heavy atom. The first kappa shape index (κ1) is 24.0. The predicted octanol–water partition coefficient (Wildman–Crippen LogP) is 6.46. The number of thioether (sulfide) groups is 1. The van der Waals surface area contributed by atoms with Crippen LogP contribution in [0.15, 0.2) is 42.5 Å². The van der Waals surface area contributed by atoms with Crippen molar-refractivity contribution in [2.24, 2.45) is 0 Å². The second-order valence-electron chi connectivity index (χ2n) is 7.68. The van der Waals surface area contributed by atoms with E-state index >= 15 is 0 Å². The molecule has 31 heavy (non-hydrogen) atoms. The van der Waals surface area contributed by atoms with Gasteiger partial charge in [0.05, 0.1) is 19.0 Å². The molecule has 1 aliphatic rings. The largest absolute Gasteiger partial charge is 0.497 e. The highest BCUT2D eigenvalue weighted by Crippen LogP contribution is 2.46. The number of methoxy groups -OCH3 is 2. The Kier molecular flexibility index (Phi) is 8.31. The molecule has 0 N–H and O–H groups in total. The summed E-state index contributed by atoms with van der Waals surface area (Å²) in [6.45, 7) is 0. The molecule has 0 aromatic heterocycles. The van der Waals surface area contributed by atoms with Gasteiger partial charge in [0.15, 0.2) is 5.78 Å². The summed E-state index contributed by atoms with van der Waals surface area (Å²) in [6, 6.07) is 12.7. The van der Waals surface area contributed by atoms with Gasteiger partial charge in [-0.2, -0.15) is 0 Å². The van der Waals surface area contributed by atoms with E-state index in [0.717, 1.165) is 43.4 Å². The molecule has 4 nitrogen and oxygen atoms in total. The number of carbonyl (C=O) groups excluding carboxylic acids is 2. The second-order valence-corrected chi connectivity index (χ2v) is 9.88. The number of carbonyl (C=O) groups is 2. The smallest absolute Gasteiger partial charge is 0.320 e. The van der Waals surface area contributed by atoms with Gasteiger partial charge in [0.25, 0.3) is 0 Å². The van der Waals surface area contributed by atoms with Gasteiger partial charge in [-0.05, 0) is 48.2 Å². The van der Waals surface area contributed by atoms with Gasteiger partial charge in [-0.3, -0.25) is 9.59 Å². The monoisotopic (exact) mass is 480 g/mol. The number of Topliss-reactive ketones (excluding diaryl/α,β-unsaturated/α-hetero) is 1. The van der Waals surface area contributed by atoms with Gasteiger partial charge in [-0.25, -0.2) is 0 Å². The maximum Gasteiger partial charge on any atom is 0.320 e. The molecule has 2 aromatic carbocycles. The molecular formula is C24H26Cl2O4S. The number of esters is 1. The van der Waals surface area contributed by atoms with E-state index in [1.54, 1.807) is 37.1 Å². The van der Waals surface area contributed by atoms with Gasteiger partial charge in [0, 0.05) is 15.8 Å². The number of ether oxygens (including phenoxy) is 2. The Bertz CT molecular complexity index is 924. The Morgan fingerprint density at radius 3 is 2.29 bits per heavy atom. The SMILES string of the molecule is COC(=O)C(C(=O)C1(SCc2ccc(OC)cc2)CCCCC1)c1ccc(Cl)cc1Cl. The maximum atomic E-state index is 13.9. The summed E-state index contributed by atoms with van der Waals surface area (Å²) in [5, 5.41) is 0.744. The molecule has 1 atom stereocenters. The summed E-state index contributed by atoms with van der Waals surface area (Å²) in [4.78, 5) is 26.7. The third-order valence-corrected chi connectivity index (χ3v) is 7.96. The zero-order valence-corrected chi connectivity index (χ0v) is 20.0. The van der Waals surface area contributed by atoms with Gasteiger partial charge in [0.2, 0.25) is 0 Å². The lowest BCUT2D eigenvalue weighted by atomic mass is 9.78. The fourth-order valence-corrected chi connectivity index (χ4v) is 6.01. The molecule has 1 aliphatic carbocycles. The van der Waals surface area contributed by atoms with Crippen molar-refractivity contribution in [1.29, 1.82) is 0 Å². The number of hydrogen-bond acceptors (Lipinski definition) is 5. The van der Waals surface area contributed by atoms with Crippen molar-refractivity contribution in [3.05, 3.63) is 63.6 Å². The molecule has 7 heteroatoms. The average molecular weight is 481 g/mol. The summed E-state index contributed by atoms with van der Waals surface area (Å²) in [5.74, 6) is -0.347. The van der Waals surface area contributed by atoms with Crippen LogP contribution in [-0.2, 0) is 20.1 Å². The molecular weight excluding hydrogens is 455 g/mol. The van der Waals surface area contributed by atoms with Crippen molar-refractivity contribution >= 4 is 46.7 Å². The minimum atomic E-state index is -1.07. The highest BCUT2D eigenvalue weighted by molar-refractivity contribution is 8.00. The summed E-state index contributed by atoms with van der Waals surface area (Å²) in [6.07, 6.45) is 4.44. The van der Waals surface area contributed by atoms with Crippen molar-refractivity contribution < 1.29 is 19.1 Å². The van der Waals surface area contributed by atoms with Crippen LogP contribution in [0.5, 0.6) is 5.75 Å². The minimum absolute atomic E-state index is 0.137. The van der Waals surface area contributed by atoms with E-state index in [-0.39, 0.29) is 5.78 Å². The fraction of sp³-hybridized carbons (Fsp3) is 0.417. The van der Waals surface area contributed by atoms with Crippen molar-refractivity contribution in [3.8, 4) is 5.75 Å². The van der Waals surface area contributed by atoms with E-state index in [4.69, 9.17) is 32.7 Å². The zero-order chi connectivity index (χ0) is 22.4. The van der Waals surface area contributed by atoms with Crippen molar-refractivity contribution in [3.63, 3.8) is 0 Å². The average Bonchev–Trinajstić information content (AvgIpc) is 2.80. The Labute approximate surface area is 197 Å². The number of benzene rings is 2. The van der Waals surface area contributed by atoms with Crippen LogP contribution in [0.1, 0.15) is 49.1 Å². The van der Waals surface area contributed by atoms with Gasteiger partial charge >= 0.3 is 5.97 Å². The third-order valence-electron chi connectivity index (χ3n) is 5.76. The molecule has 0 spiro atoms. The second kappa shape index (κ2) is 10.8. The van der Waals surface area contributed by atoms with Crippen LogP contribution < -0.4 is 4.74 Å². The van der Waals surface area contributed by atoms with Crippen LogP contribution >= 0.6 is 35.0 Å². The van der Waals surface area contributed by atoms with Crippen LogP contribution in [0.4, 0.5) is 0 Å². The number of halogens is 2. The third kappa shape index (κ3) is 5.57. The van der Waals surface area contributed by atoms with Crippen LogP contribution in [0.2, 0.25) is 10.0 Å². The van der Waals surface area contributed by atoms with Gasteiger partial charge in [-0.15, -0.1) is 11.8 Å². The molecule has 3 rings (SSSR count). The summed E-state index contributed by atoms with van der Waals surface area (Å²) >= 11 is 14.0. The molecule has 1 saturated carbocycles. The lowest BCUT2D eigenvalue weighted by molar-refractivity contribution is -0.146. The van der Waals surface area contributed by atoms with Crippen LogP contribution in [0, 0.1) is 0 Å². The lowest BCUT2D eigenvalue weighted by Gasteiger charge is -2.37. The zero-order valence-electron chi connectivity index (χ0n) is 17.7. The summed E-state index contributed by atoms with van der Waals surface area (Å²) in [5.41, 5.74) is 1.54. The Hall–Kier alpha value is -1.69. The molecule has 166 valence electrons. The van der Waals surface area contributed by atoms with Gasteiger partial charge in [0.1, 0.15) is 11.7 Å². The highest BCUT2D eigenvalue weighted by Gasteiger charge is 2.47. The van der Waals surface area contributed by atoms with Crippen molar-refractivity contribution in [2.45, 2.75) is 48.5 Å². The van der Waals surface area contributed by atoms with Crippen LogP contribution in [0.25, 0.3) is 0 Å². The number of ketones is 1. The summed E-state index contributed by atoms with van der Waals surface area (Å²) < 4.78 is 9.58. The number of hydrogen-bond donors (Lipinski definition) is 0. The molecule has 0 aliphatic heterocycles. The van der Waals surface area contributed by atoms with Gasteiger partial charge in [-0.1, -0.05) is 60.7 Å². The molecule has 2 aromatic rings. The van der Waals surface area contributed by atoms with E-state index in [1.807, 2.05) is 24.3 Å². The highest BCUT2D eigenvalue weighted by atomic mass is 35.5. The standard InChI is InChI=1S/C24H26Cl2O4S/c1-29-18-9-6-16(7-10-18)15-31-24(12-4-3-5-13-24)22(27)21(23(28)30-2)19-11-8-17(25)14-20(19)26/h6-11,14,21H,3-5,12-13,15H2,1-2H3. The van der Waals surface area contributed by atoms with Crippen LogP contribution in [-0.4, -0.2) is 30.7 Å². The van der Waals surface area contributed by atoms with Crippen molar-refractivity contribution in [1.82, 2.24) is 0 Å². The molecule has 0 radical (unpaired) electrons. The first-order chi connectivity index (χ1) is 14.9. The fourth-order valence-electron chi connectivity index (χ4n) is 4.02. The molecule has 0 bridgehead atoms. The van der Waals surface area contributed by atoms with E-state index in [0.29, 0.717) is 21.4 Å². The van der Waals surface area contributed by atoms with Crippen LogP contribution in [0.3, 0.4) is 0 Å². The van der Waals surface area contributed by atoms with E-state index in [9.17, 15) is 9.59 Å². The number of rotatable bonds is 8. The Morgan fingerprint density at radius 2 is 1.71 bits per heavy atom.